The Labute approximate surface area is 128 Å². The molecule has 1 aliphatic heterocycles. The Hall–Kier alpha value is -0.320. The van der Waals surface area contributed by atoms with Gasteiger partial charge in [0.25, 0.3) is 0 Å². The van der Waals surface area contributed by atoms with Gasteiger partial charge in [-0.25, -0.2) is 0 Å². The molecule has 1 saturated carbocycles. The highest BCUT2D eigenvalue weighted by Gasteiger charge is 2.37. The number of carbonyl (C=O) groups is 1. The standard InChI is InChI=1S/C15H28N2O2.ClH/c1-11(2)12-4-3-5-13(10-12)17-14(18)15(16)6-8-19-9-7-15;/h11-13H,3-10,16H2,1-2H3,(H,17,18);1H. The van der Waals surface area contributed by atoms with Crippen LogP contribution in [-0.4, -0.2) is 30.7 Å². The van der Waals surface area contributed by atoms with Crippen molar-refractivity contribution in [3.05, 3.63) is 0 Å². The van der Waals surface area contributed by atoms with Crippen molar-refractivity contribution >= 4 is 18.3 Å². The molecule has 2 unspecified atom stereocenters. The highest BCUT2D eigenvalue weighted by Crippen LogP contribution is 2.30. The minimum atomic E-state index is -0.705. The summed E-state index contributed by atoms with van der Waals surface area (Å²) in [5, 5.41) is 3.19. The number of hydrogen-bond donors (Lipinski definition) is 2. The number of hydrogen-bond acceptors (Lipinski definition) is 3. The van der Waals surface area contributed by atoms with Crippen molar-refractivity contribution in [3.8, 4) is 0 Å². The molecular weight excluding hydrogens is 276 g/mol. The molecule has 0 radical (unpaired) electrons. The zero-order valence-corrected chi connectivity index (χ0v) is 13.5. The molecule has 118 valence electrons. The Kier molecular flexibility index (Phi) is 6.76. The van der Waals surface area contributed by atoms with E-state index in [0.717, 1.165) is 18.8 Å². The van der Waals surface area contributed by atoms with E-state index in [1.807, 2.05) is 0 Å². The van der Waals surface area contributed by atoms with Gasteiger partial charge in [-0.3, -0.25) is 4.79 Å². The van der Waals surface area contributed by atoms with E-state index in [0.29, 0.717) is 38.0 Å². The van der Waals surface area contributed by atoms with E-state index in [1.165, 1.54) is 12.8 Å². The molecule has 4 nitrogen and oxygen atoms in total. The molecule has 1 heterocycles. The Morgan fingerprint density at radius 3 is 2.55 bits per heavy atom. The van der Waals surface area contributed by atoms with Crippen LogP contribution in [0.4, 0.5) is 0 Å². The molecule has 5 heteroatoms. The van der Waals surface area contributed by atoms with Gasteiger partial charge in [-0.05, 0) is 37.5 Å². The van der Waals surface area contributed by atoms with Crippen LogP contribution in [-0.2, 0) is 9.53 Å². The Morgan fingerprint density at radius 2 is 1.95 bits per heavy atom. The van der Waals surface area contributed by atoms with Crippen LogP contribution in [0.5, 0.6) is 0 Å². The molecule has 20 heavy (non-hydrogen) atoms. The maximum absolute atomic E-state index is 12.4. The van der Waals surface area contributed by atoms with Gasteiger partial charge < -0.3 is 15.8 Å². The summed E-state index contributed by atoms with van der Waals surface area (Å²) >= 11 is 0. The number of nitrogens with one attached hydrogen (secondary N) is 1. The molecule has 2 rings (SSSR count). The van der Waals surface area contributed by atoms with E-state index >= 15 is 0 Å². The van der Waals surface area contributed by atoms with Crippen molar-refractivity contribution in [2.45, 2.75) is 64.0 Å². The fraction of sp³-hybridized carbons (Fsp3) is 0.933. The van der Waals surface area contributed by atoms with E-state index in [9.17, 15) is 4.79 Å². The van der Waals surface area contributed by atoms with Gasteiger partial charge >= 0.3 is 0 Å². The molecule has 2 aliphatic rings. The van der Waals surface area contributed by atoms with Crippen LogP contribution in [0.2, 0.25) is 0 Å². The zero-order valence-electron chi connectivity index (χ0n) is 12.7. The van der Waals surface area contributed by atoms with E-state index in [1.54, 1.807) is 0 Å². The summed E-state index contributed by atoms with van der Waals surface area (Å²) in [7, 11) is 0. The summed E-state index contributed by atoms with van der Waals surface area (Å²) < 4.78 is 5.29. The lowest BCUT2D eigenvalue weighted by Crippen LogP contribution is -2.59. The molecule has 1 aliphatic carbocycles. The molecule has 1 amide bonds. The Balaban J connectivity index is 0.00000200. The van der Waals surface area contributed by atoms with Crippen molar-refractivity contribution in [2.75, 3.05) is 13.2 Å². The van der Waals surface area contributed by atoms with Gasteiger partial charge in [0.2, 0.25) is 5.91 Å². The summed E-state index contributed by atoms with van der Waals surface area (Å²) in [6, 6.07) is 0.317. The third-order valence-electron chi connectivity index (χ3n) is 4.83. The minimum Gasteiger partial charge on any atom is -0.381 e. The number of rotatable bonds is 3. The number of nitrogens with two attached hydrogens (primary N) is 1. The second kappa shape index (κ2) is 7.62. The lowest BCUT2D eigenvalue weighted by molar-refractivity contribution is -0.130. The Morgan fingerprint density at radius 1 is 1.30 bits per heavy atom. The lowest BCUT2D eigenvalue weighted by atomic mass is 9.79. The van der Waals surface area contributed by atoms with Gasteiger partial charge in [-0.2, -0.15) is 0 Å². The van der Waals surface area contributed by atoms with Crippen molar-refractivity contribution < 1.29 is 9.53 Å². The molecule has 0 spiro atoms. The highest BCUT2D eigenvalue weighted by molar-refractivity contribution is 5.86. The molecule has 0 aromatic heterocycles. The van der Waals surface area contributed by atoms with Crippen LogP contribution in [0.3, 0.4) is 0 Å². The predicted molar refractivity (Wildman–Crippen MR) is 82.9 cm³/mol. The molecule has 0 aromatic carbocycles. The summed E-state index contributed by atoms with van der Waals surface area (Å²) in [6.07, 6.45) is 6.00. The normalized spacial score (nSPS) is 29.6. The zero-order chi connectivity index (χ0) is 13.9. The molecule has 1 saturated heterocycles. The Bertz CT molecular complexity index is 317. The quantitative estimate of drug-likeness (QED) is 0.840. The van der Waals surface area contributed by atoms with Crippen molar-refractivity contribution in [1.29, 1.82) is 0 Å². The van der Waals surface area contributed by atoms with Gasteiger partial charge in [0.05, 0.1) is 5.54 Å². The van der Waals surface area contributed by atoms with Gasteiger partial charge in [0.1, 0.15) is 0 Å². The second-order valence-corrected chi connectivity index (χ2v) is 6.61. The van der Waals surface area contributed by atoms with E-state index in [4.69, 9.17) is 10.5 Å². The van der Waals surface area contributed by atoms with E-state index in [-0.39, 0.29) is 18.3 Å². The number of halogens is 1. The van der Waals surface area contributed by atoms with Crippen LogP contribution in [0.1, 0.15) is 52.4 Å². The minimum absolute atomic E-state index is 0. The van der Waals surface area contributed by atoms with Crippen LogP contribution in [0, 0.1) is 11.8 Å². The molecule has 2 atom stereocenters. The van der Waals surface area contributed by atoms with Crippen molar-refractivity contribution in [3.63, 3.8) is 0 Å². The first-order chi connectivity index (χ1) is 9.01. The molecule has 0 bridgehead atoms. The van der Waals surface area contributed by atoms with Gasteiger partial charge in [-0.1, -0.05) is 26.7 Å². The molecule has 3 N–H and O–H groups in total. The van der Waals surface area contributed by atoms with E-state index < -0.39 is 5.54 Å². The second-order valence-electron chi connectivity index (χ2n) is 6.61. The fourth-order valence-corrected chi connectivity index (χ4v) is 3.26. The van der Waals surface area contributed by atoms with Gasteiger partial charge in [-0.15, -0.1) is 12.4 Å². The highest BCUT2D eigenvalue weighted by atomic mass is 35.5. The van der Waals surface area contributed by atoms with Crippen molar-refractivity contribution in [1.82, 2.24) is 5.32 Å². The fourth-order valence-electron chi connectivity index (χ4n) is 3.26. The van der Waals surface area contributed by atoms with E-state index in [2.05, 4.69) is 19.2 Å². The third-order valence-corrected chi connectivity index (χ3v) is 4.83. The maximum Gasteiger partial charge on any atom is 0.240 e. The summed E-state index contributed by atoms with van der Waals surface area (Å²) in [5.74, 6) is 1.47. The average Bonchev–Trinajstić information content (AvgIpc) is 2.40. The van der Waals surface area contributed by atoms with Gasteiger partial charge in [0, 0.05) is 19.3 Å². The first kappa shape index (κ1) is 17.7. The van der Waals surface area contributed by atoms with Crippen LogP contribution in [0.15, 0.2) is 0 Å². The van der Waals surface area contributed by atoms with Crippen LogP contribution < -0.4 is 11.1 Å². The number of ether oxygens (including phenoxy) is 1. The molecule has 0 aromatic rings. The average molecular weight is 305 g/mol. The SMILES string of the molecule is CC(C)C1CCCC(NC(=O)C2(N)CCOCC2)C1.Cl. The van der Waals surface area contributed by atoms with Gasteiger partial charge in [0.15, 0.2) is 0 Å². The third kappa shape index (κ3) is 4.34. The first-order valence-electron chi connectivity index (χ1n) is 7.69. The largest absolute Gasteiger partial charge is 0.381 e. The van der Waals surface area contributed by atoms with Crippen LogP contribution >= 0.6 is 12.4 Å². The monoisotopic (exact) mass is 304 g/mol. The lowest BCUT2D eigenvalue weighted by Gasteiger charge is -2.36. The van der Waals surface area contributed by atoms with Crippen molar-refractivity contribution in [2.24, 2.45) is 17.6 Å². The number of amides is 1. The first-order valence-corrected chi connectivity index (χ1v) is 7.69. The predicted octanol–water partition coefficient (Wildman–Crippen LogP) is 2.25. The molecular formula is C15H29ClN2O2. The molecule has 2 fully saturated rings. The summed E-state index contributed by atoms with van der Waals surface area (Å²) in [6.45, 7) is 5.75. The topological polar surface area (TPSA) is 64.4 Å². The summed E-state index contributed by atoms with van der Waals surface area (Å²) in [4.78, 5) is 12.4. The van der Waals surface area contributed by atoms with Crippen LogP contribution in [0.25, 0.3) is 0 Å². The smallest absolute Gasteiger partial charge is 0.240 e. The summed E-state index contributed by atoms with van der Waals surface area (Å²) in [5.41, 5.74) is 5.52. The number of carbonyl (C=O) groups excluding carboxylic acids is 1. The maximum atomic E-state index is 12.4.